The first-order chi connectivity index (χ1) is 11.7. The average Bonchev–Trinajstić information content (AvgIpc) is 2.59. The molecule has 0 aliphatic carbocycles. The molecule has 5 heteroatoms. The maximum absolute atomic E-state index is 5.94. The zero-order valence-corrected chi connectivity index (χ0v) is 14.1. The minimum Gasteiger partial charge on any atom is -0.384 e. The van der Waals surface area contributed by atoms with Gasteiger partial charge in [-0.15, -0.1) is 0 Å². The van der Waals surface area contributed by atoms with Crippen molar-refractivity contribution in [1.29, 1.82) is 0 Å². The standard InChI is InChI=1S/C19H19ClN4/c20-16-4-1-13(2-5-16)7-9-24-10-8-17-15(12-24)11-14-3-6-18(21)23-19(14)22-17/h1-6,11H,7-10,12H2,(H2,21,22,23). The topological polar surface area (TPSA) is 55.0 Å². The highest BCUT2D eigenvalue weighted by Crippen LogP contribution is 2.22. The highest BCUT2D eigenvalue weighted by molar-refractivity contribution is 6.30. The van der Waals surface area contributed by atoms with E-state index in [2.05, 4.69) is 28.1 Å². The molecular formula is C19H19ClN4. The fourth-order valence-corrected chi connectivity index (χ4v) is 3.34. The van der Waals surface area contributed by atoms with Gasteiger partial charge in [0.05, 0.1) is 0 Å². The molecule has 2 N–H and O–H groups in total. The molecule has 0 fully saturated rings. The van der Waals surface area contributed by atoms with Gasteiger partial charge in [-0.3, -0.25) is 4.90 Å². The Bertz CT molecular complexity index is 876. The Morgan fingerprint density at radius 3 is 2.75 bits per heavy atom. The first kappa shape index (κ1) is 15.4. The van der Waals surface area contributed by atoms with E-state index in [0.29, 0.717) is 5.82 Å². The SMILES string of the molecule is Nc1ccc2cc3c(nc2n1)CCN(CCc1ccc(Cl)cc1)C3. The second kappa shape index (κ2) is 6.38. The number of hydrogen-bond donors (Lipinski definition) is 1. The Kier molecular flexibility index (Phi) is 4.08. The molecule has 0 radical (unpaired) electrons. The van der Waals surface area contributed by atoms with Gasteiger partial charge >= 0.3 is 0 Å². The van der Waals surface area contributed by atoms with Crippen molar-refractivity contribution >= 4 is 28.5 Å². The fourth-order valence-electron chi connectivity index (χ4n) is 3.21. The minimum absolute atomic E-state index is 0.523. The summed E-state index contributed by atoms with van der Waals surface area (Å²) in [5.74, 6) is 0.523. The third-order valence-electron chi connectivity index (χ3n) is 4.56. The summed E-state index contributed by atoms with van der Waals surface area (Å²) in [4.78, 5) is 11.5. The Morgan fingerprint density at radius 2 is 1.92 bits per heavy atom. The molecule has 1 aliphatic rings. The number of anilines is 1. The molecular weight excluding hydrogens is 320 g/mol. The lowest BCUT2D eigenvalue weighted by Crippen LogP contribution is -2.32. The van der Waals surface area contributed by atoms with Crippen LogP contribution >= 0.6 is 11.6 Å². The van der Waals surface area contributed by atoms with Crippen LogP contribution in [0.2, 0.25) is 5.02 Å². The quantitative estimate of drug-likeness (QED) is 0.794. The normalized spacial score (nSPS) is 14.7. The van der Waals surface area contributed by atoms with E-state index < -0.39 is 0 Å². The van der Waals surface area contributed by atoms with Crippen molar-refractivity contribution in [2.75, 3.05) is 18.8 Å². The molecule has 0 saturated carbocycles. The average molecular weight is 339 g/mol. The summed E-state index contributed by atoms with van der Waals surface area (Å²) in [5, 5.41) is 1.85. The van der Waals surface area contributed by atoms with Crippen molar-refractivity contribution in [3.8, 4) is 0 Å². The molecule has 0 spiro atoms. The highest BCUT2D eigenvalue weighted by Gasteiger charge is 2.18. The first-order valence-electron chi connectivity index (χ1n) is 8.19. The van der Waals surface area contributed by atoms with E-state index in [9.17, 15) is 0 Å². The van der Waals surface area contributed by atoms with Crippen molar-refractivity contribution < 1.29 is 0 Å². The van der Waals surface area contributed by atoms with Gasteiger partial charge in [-0.25, -0.2) is 9.97 Å². The molecule has 4 rings (SSSR count). The molecule has 122 valence electrons. The summed E-state index contributed by atoms with van der Waals surface area (Å²) >= 11 is 5.94. The van der Waals surface area contributed by atoms with Crippen LogP contribution in [-0.2, 0) is 19.4 Å². The van der Waals surface area contributed by atoms with E-state index >= 15 is 0 Å². The number of fused-ring (bicyclic) bond motifs is 2. The van der Waals surface area contributed by atoms with Crippen molar-refractivity contribution in [1.82, 2.24) is 14.9 Å². The lowest BCUT2D eigenvalue weighted by molar-refractivity contribution is 0.255. The van der Waals surface area contributed by atoms with Gasteiger partial charge in [-0.05, 0) is 47.9 Å². The molecule has 0 bridgehead atoms. The third-order valence-corrected chi connectivity index (χ3v) is 4.81. The number of benzene rings is 1. The molecule has 0 amide bonds. The van der Waals surface area contributed by atoms with Gasteiger partial charge in [0.25, 0.3) is 0 Å². The summed E-state index contributed by atoms with van der Waals surface area (Å²) in [5.41, 5.74) is 10.3. The smallest absolute Gasteiger partial charge is 0.161 e. The van der Waals surface area contributed by atoms with Gasteiger partial charge in [0, 0.05) is 42.2 Å². The molecule has 3 aromatic rings. The number of rotatable bonds is 3. The number of hydrogen-bond acceptors (Lipinski definition) is 4. The zero-order chi connectivity index (χ0) is 16.5. The van der Waals surface area contributed by atoms with Gasteiger partial charge in [0.2, 0.25) is 0 Å². The largest absolute Gasteiger partial charge is 0.384 e. The molecule has 0 saturated heterocycles. The van der Waals surface area contributed by atoms with E-state index in [0.717, 1.165) is 54.2 Å². The second-order valence-electron chi connectivity index (χ2n) is 6.28. The minimum atomic E-state index is 0.523. The maximum Gasteiger partial charge on any atom is 0.161 e. The predicted octanol–water partition coefficient (Wildman–Crippen LogP) is 3.47. The Balaban J connectivity index is 1.48. The van der Waals surface area contributed by atoms with E-state index in [1.54, 1.807) is 0 Å². The lowest BCUT2D eigenvalue weighted by atomic mass is 10.0. The second-order valence-corrected chi connectivity index (χ2v) is 6.72. The Morgan fingerprint density at radius 1 is 1.08 bits per heavy atom. The number of pyridine rings is 2. The van der Waals surface area contributed by atoms with Crippen molar-refractivity contribution in [3.05, 3.63) is 64.3 Å². The Hall–Kier alpha value is -2.17. The molecule has 0 unspecified atom stereocenters. The molecule has 1 aromatic carbocycles. The van der Waals surface area contributed by atoms with Gasteiger partial charge in [-0.1, -0.05) is 23.7 Å². The number of nitrogens with zero attached hydrogens (tertiary/aromatic N) is 3. The van der Waals surface area contributed by atoms with Crippen LogP contribution in [0.4, 0.5) is 5.82 Å². The predicted molar refractivity (Wildman–Crippen MR) is 98.1 cm³/mol. The Labute approximate surface area is 146 Å². The van der Waals surface area contributed by atoms with Crippen LogP contribution in [0.15, 0.2) is 42.5 Å². The molecule has 0 atom stereocenters. The van der Waals surface area contributed by atoms with Crippen LogP contribution in [0.1, 0.15) is 16.8 Å². The van der Waals surface area contributed by atoms with Crippen LogP contribution in [0.5, 0.6) is 0 Å². The van der Waals surface area contributed by atoms with Crippen LogP contribution in [-0.4, -0.2) is 28.0 Å². The third kappa shape index (κ3) is 3.21. The van der Waals surface area contributed by atoms with Gasteiger partial charge in [0.1, 0.15) is 5.82 Å². The molecule has 3 heterocycles. The number of halogens is 1. The van der Waals surface area contributed by atoms with Crippen LogP contribution in [0.25, 0.3) is 11.0 Å². The van der Waals surface area contributed by atoms with Crippen molar-refractivity contribution in [3.63, 3.8) is 0 Å². The van der Waals surface area contributed by atoms with E-state index in [-0.39, 0.29) is 0 Å². The monoisotopic (exact) mass is 338 g/mol. The first-order valence-corrected chi connectivity index (χ1v) is 8.57. The van der Waals surface area contributed by atoms with Crippen LogP contribution in [0, 0.1) is 0 Å². The van der Waals surface area contributed by atoms with Crippen LogP contribution in [0.3, 0.4) is 0 Å². The van der Waals surface area contributed by atoms with Crippen LogP contribution < -0.4 is 5.73 Å². The molecule has 24 heavy (non-hydrogen) atoms. The fraction of sp³-hybridized carbons (Fsp3) is 0.263. The summed E-state index contributed by atoms with van der Waals surface area (Å²) in [6, 6.07) is 14.2. The zero-order valence-electron chi connectivity index (χ0n) is 13.4. The van der Waals surface area contributed by atoms with Crippen molar-refractivity contribution in [2.45, 2.75) is 19.4 Å². The van der Waals surface area contributed by atoms with E-state index in [1.165, 1.54) is 11.1 Å². The van der Waals surface area contributed by atoms with E-state index in [4.69, 9.17) is 22.3 Å². The van der Waals surface area contributed by atoms with Gasteiger partial charge in [-0.2, -0.15) is 0 Å². The maximum atomic E-state index is 5.94. The summed E-state index contributed by atoms with van der Waals surface area (Å²) in [7, 11) is 0. The molecule has 2 aromatic heterocycles. The molecule has 4 nitrogen and oxygen atoms in total. The highest BCUT2D eigenvalue weighted by atomic mass is 35.5. The summed E-state index contributed by atoms with van der Waals surface area (Å²) in [6.45, 7) is 3.01. The number of aromatic nitrogens is 2. The lowest BCUT2D eigenvalue weighted by Gasteiger charge is -2.28. The van der Waals surface area contributed by atoms with Crippen molar-refractivity contribution in [2.24, 2.45) is 0 Å². The summed E-state index contributed by atoms with van der Waals surface area (Å²) in [6.07, 6.45) is 1.99. The van der Waals surface area contributed by atoms with Gasteiger partial charge in [0.15, 0.2) is 5.65 Å². The van der Waals surface area contributed by atoms with E-state index in [1.807, 2.05) is 24.3 Å². The molecule has 1 aliphatic heterocycles. The van der Waals surface area contributed by atoms with Gasteiger partial charge < -0.3 is 5.73 Å². The number of nitrogen functional groups attached to an aromatic ring is 1. The number of nitrogens with two attached hydrogens (primary N) is 1. The summed E-state index contributed by atoms with van der Waals surface area (Å²) < 4.78 is 0.